The Hall–Kier alpha value is -3.07. The van der Waals surface area contributed by atoms with Gasteiger partial charge in [0.2, 0.25) is 5.78 Å². The van der Waals surface area contributed by atoms with Gasteiger partial charge in [0.25, 0.3) is 5.69 Å². The third-order valence-corrected chi connectivity index (χ3v) is 3.63. The number of nitro groups is 1. The van der Waals surface area contributed by atoms with Crippen LogP contribution in [0.1, 0.15) is 27.6 Å². The summed E-state index contributed by atoms with van der Waals surface area (Å²) in [6.07, 6.45) is -1.28. The number of carbonyl (C=O) groups excluding carboxylic acids is 2. The van der Waals surface area contributed by atoms with Crippen molar-refractivity contribution in [2.24, 2.45) is 0 Å². The van der Waals surface area contributed by atoms with E-state index >= 15 is 0 Å². The van der Waals surface area contributed by atoms with Gasteiger partial charge in [-0.15, -0.1) is 0 Å². The number of ether oxygens (including phenoxy) is 2. The minimum absolute atomic E-state index is 0.0810. The highest BCUT2D eigenvalue weighted by atomic mass is 35.5. The molecule has 0 N–H and O–H groups in total. The fraction of sp³-hybridized carbons (Fsp3) is 0.176. The molecule has 142 valence electrons. The zero-order valence-electron chi connectivity index (χ0n) is 13.7. The number of benzene rings is 2. The summed E-state index contributed by atoms with van der Waals surface area (Å²) >= 11 is 5.75. The zero-order chi connectivity index (χ0) is 20.1. The second kappa shape index (κ2) is 8.54. The maximum absolute atomic E-state index is 12.3. The molecular formula is C17H12ClF2NO6. The molecule has 0 unspecified atom stereocenters. The van der Waals surface area contributed by atoms with Crippen molar-refractivity contribution in [1.82, 2.24) is 0 Å². The molecule has 0 bridgehead atoms. The molecule has 0 spiro atoms. The summed E-state index contributed by atoms with van der Waals surface area (Å²) in [6, 6.07) is 8.14. The molecule has 0 heterocycles. The first-order chi connectivity index (χ1) is 12.7. The average Bonchev–Trinajstić information content (AvgIpc) is 2.60. The number of esters is 1. The molecule has 0 saturated carbocycles. The Bertz CT molecular complexity index is 872. The predicted octanol–water partition coefficient (Wildman–Crippen LogP) is 4.28. The monoisotopic (exact) mass is 399 g/mol. The van der Waals surface area contributed by atoms with Gasteiger partial charge >= 0.3 is 12.6 Å². The molecule has 10 heteroatoms. The Labute approximate surface area is 156 Å². The summed E-state index contributed by atoms with van der Waals surface area (Å²) in [5.74, 6) is -1.86. The van der Waals surface area contributed by atoms with E-state index in [9.17, 15) is 28.5 Å². The second-order valence-electron chi connectivity index (χ2n) is 5.23. The van der Waals surface area contributed by atoms with Crippen LogP contribution in [0.4, 0.5) is 14.5 Å². The highest BCUT2D eigenvalue weighted by Crippen LogP contribution is 2.24. The largest absolute Gasteiger partial charge is 0.450 e. The van der Waals surface area contributed by atoms with Gasteiger partial charge in [-0.3, -0.25) is 14.9 Å². The molecule has 0 saturated heterocycles. The van der Waals surface area contributed by atoms with Crippen molar-refractivity contribution < 1.29 is 32.8 Å². The Morgan fingerprint density at radius 2 is 1.78 bits per heavy atom. The molecule has 2 rings (SSSR count). The Morgan fingerprint density at radius 3 is 2.33 bits per heavy atom. The van der Waals surface area contributed by atoms with Crippen LogP contribution in [0.15, 0.2) is 42.5 Å². The number of halogens is 3. The maximum Gasteiger partial charge on any atom is 0.387 e. The molecule has 0 aliphatic rings. The van der Waals surface area contributed by atoms with Crippen LogP contribution in [0.2, 0.25) is 5.02 Å². The van der Waals surface area contributed by atoms with Crippen LogP contribution in [0.25, 0.3) is 0 Å². The summed E-state index contributed by atoms with van der Waals surface area (Å²) in [6.45, 7) is -1.72. The zero-order valence-corrected chi connectivity index (χ0v) is 14.5. The van der Waals surface area contributed by atoms with E-state index < -0.39 is 40.6 Å². The molecule has 0 aromatic heterocycles. The summed E-state index contributed by atoms with van der Waals surface area (Å²) in [4.78, 5) is 34.7. The van der Waals surface area contributed by atoms with E-state index in [1.54, 1.807) is 0 Å². The number of alkyl halides is 2. The normalized spacial score (nSPS) is 11.7. The third-order valence-electron chi connectivity index (χ3n) is 3.39. The van der Waals surface area contributed by atoms with Crippen molar-refractivity contribution in [3.8, 4) is 5.75 Å². The van der Waals surface area contributed by atoms with Crippen LogP contribution in [0.3, 0.4) is 0 Å². The molecule has 27 heavy (non-hydrogen) atoms. The van der Waals surface area contributed by atoms with Crippen molar-refractivity contribution in [2.75, 3.05) is 0 Å². The van der Waals surface area contributed by atoms with E-state index in [1.807, 2.05) is 0 Å². The van der Waals surface area contributed by atoms with Gasteiger partial charge in [0.05, 0.1) is 4.92 Å². The maximum atomic E-state index is 12.3. The summed E-state index contributed by atoms with van der Waals surface area (Å²) in [5.41, 5.74) is -0.831. The van der Waals surface area contributed by atoms with E-state index in [-0.39, 0.29) is 16.3 Å². The number of nitrogens with zero attached hydrogens (tertiary/aromatic N) is 1. The van der Waals surface area contributed by atoms with Crippen molar-refractivity contribution in [1.29, 1.82) is 0 Å². The van der Waals surface area contributed by atoms with E-state index in [0.29, 0.717) is 0 Å². The van der Waals surface area contributed by atoms with Gasteiger partial charge in [0.1, 0.15) is 11.3 Å². The van der Waals surface area contributed by atoms with E-state index in [1.165, 1.54) is 25.1 Å². The van der Waals surface area contributed by atoms with Crippen molar-refractivity contribution in [3.05, 3.63) is 68.7 Å². The lowest BCUT2D eigenvalue weighted by molar-refractivity contribution is -0.385. The highest BCUT2D eigenvalue weighted by Gasteiger charge is 2.26. The summed E-state index contributed by atoms with van der Waals surface area (Å²) in [5, 5.41) is 11.1. The van der Waals surface area contributed by atoms with E-state index in [2.05, 4.69) is 4.74 Å². The molecule has 7 nitrogen and oxygen atoms in total. The molecule has 2 aromatic rings. The van der Waals surface area contributed by atoms with Crippen molar-refractivity contribution in [2.45, 2.75) is 19.6 Å². The smallest absolute Gasteiger partial charge is 0.387 e. The summed E-state index contributed by atoms with van der Waals surface area (Å²) < 4.78 is 33.4. The minimum atomic E-state index is -3.00. The van der Waals surface area contributed by atoms with Gasteiger partial charge in [-0.2, -0.15) is 8.78 Å². The standard InChI is InChI=1S/C17H12ClF2NO6/c1-9(15(22)10-2-5-12(6-3-10)27-17(19)20)26-16(23)13-8-11(18)4-7-14(13)21(24)25/h2-9,17H,1H3/t9-/m1/s1. The molecular weight excluding hydrogens is 388 g/mol. The van der Waals surface area contributed by atoms with E-state index in [4.69, 9.17) is 16.3 Å². The number of rotatable bonds is 7. The van der Waals surface area contributed by atoms with Crippen molar-refractivity contribution in [3.63, 3.8) is 0 Å². The van der Waals surface area contributed by atoms with Gasteiger partial charge < -0.3 is 9.47 Å². The first-order valence-corrected chi connectivity index (χ1v) is 7.81. The summed E-state index contributed by atoms with van der Waals surface area (Å²) in [7, 11) is 0. The van der Waals surface area contributed by atoms with Gasteiger partial charge in [-0.25, -0.2) is 4.79 Å². The number of ketones is 1. The molecule has 0 aliphatic heterocycles. The minimum Gasteiger partial charge on any atom is -0.450 e. The number of nitro benzene ring substituents is 1. The number of hydrogen-bond donors (Lipinski definition) is 0. The lowest BCUT2D eigenvalue weighted by atomic mass is 10.1. The van der Waals surface area contributed by atoms with Crippen molar-refractivity contribution >= 4 is 29.0 Å². The fourth-order valence-electron chi connectivity index (χ4n) is 2.14. The Balaban J connectivity index is 2.13. The fourth-order valence-corrected chi connectivity index (χ4v) is 2.32. The van der Waals surface area contributed by atoms with Gasteiger partial charge in [-0.05, 0) is 43.3 Å². The lowest BCUT2D eigenvalue weighted by Gasteiger charge is -2.13. The number of carbonyl (C=O) groups is 2. The van der Waals surface area contributed by atoms with E-state index in [0.717, 1.165) is 24.3 Å². The quantitative estimate of drug-likeness (QED) is 0.298. The predicted molar refractivity (Wildman–Crippen MR) is 90.4 cm³/mol. The third kappa shape index (κ3) is 5.20. The highest BCUT2D eigenvalue weighted by molar-refractivity contribution is 6.31. The molecule has 0 radical (unpaired) electrons. The Kier molecular flexibility index (Phi) is 6.40. The van der Waals surface area contributed by atoms with Crippen LogP contribution >= 0.6 is 11.6 Å². The van der Waals surface area contributed by atoms with Crippen LogP contribution in [0.5, 0.6) is 5.75 Å². The van der Waals surface area contributed by atoms with Crippen LogP contribution < -0.4 is 4.74 Å². The van der Waals surface area contributed by atoms with Gasteiger partial charge in [-0.1, -0.05) is 11.6 Å². The van der Waals surface area contributed by atoms with Gasteiger partial charge in [0.15, 0.2) is 6.10 Å². The molecule has 0 fully saturated rings. The number of hydrogen-bond acceptors (Lipinski definition) is 6. The average molecular weight is 400 g/mol. The molecule has 0 amide bonds. The number of Topliss-reactive ketones (excluding diaryl/α,β-unsaturated/α-hetero) is 1. The van der Waals surface area contributed by atoms with Gasteiger partial charge in [0, 0.05) is 16.7 Å². The first-order valence-electron chi connectivity index (χ1n) is 7.43. The molecule has 2 aromatic carbocycles. The SMILES string of the molecule is C[C@@H](OC(=O)c1cc(Cl)ccc1[N+](=O)[O-])C(=O)c1ccc(OC(F)F)cc1. The Morgan fingerprint density at radius 1 is 1.15 bits per heavy atom. The topological polar surface area (TPSA) is 95.7 Å². The van der Waals surface area contributed by atoms with Crippen LogP contribution in [0, 0.1) is 10.1 Å². The molecule has 0 aliphatic carbocycles. The lowest BCUT2D eigenvalue weighted by Crippen LogP contribution is -2.24. The second-order valence-corrected chi connectivity index (χ2v) is 5.67. The van der Waals surface area contributed by atoms with Crippen LogP contribution in [-0.2, 0) is 4.74 Å². The first kappa shape index (κ1) is 20.2. The van der Waals surface area contributed by atoms with Crippen LogP contribution in [-0.4, -0.2) is 29.4 Å². The molecule has 1 atom stereocenters.